The molecule has 75 heavy (non-hydrogen) atoms. The minimum atomic E-state index is -3.97. The Bertz CT molecular complexity index is 3040. The zero-order valence-corrected chi connectivity index (χ0v) is 44.9. The fraction of sp³-hybridized carbons (Fsp3) is 0.100. The molecule has 0 N–H and O–H groups in total. The van der Waals surface area contributed by atoms with E-state index in [4.69, 9.17) is 40.7 Å². The van der Waals surface area contributed by atoms with Crippen LogP contribution in [-0.2, 0) is 13.7 Å². The molecule has 0 aliphatic heterocycles. The van der Waals surface area contributed by atoms with Crippen molar-refractivity contribution >= 4 is 23.5 Å². The van der Waals surface area contributed by atoms with Crippen LogP contribution in [0.5, 0.6) is 51.7 Å². The van der Waals surface area contributed by atoms with Gasteiger partial charge in [0.15, 0.2) is 0 Å². The number of rotatable bonds is 18. The maximum atomic E-state index is 13.5. The molecule has 0 unspecified atom stereocenters. The van der Waals surface area contributed by atoms with Crippen molar-refractivity contribution in [3.05, 3.63) is 270 Å². The third-order valence-corrected chi connectivity index (χ3v) is 14.3. The number of phosphoric acid groups is 3. The first-order chi connectivity index (χ1) is 36.1. The number of phosphoric ester groups is 3. The van der Waals surface area contributed by atoms with Crippen molar-refractivity contribution in [2.75, 3.05) is 0 Å². The number of para-hydroxylation sites is 6. The Kier molecular flexibility index (Phi) is 19.1. The summed E-state index contributed by atoms with van der Waals surface area (Å²) in [7, 11) is -11.8. The van der Waals surface area contributed by atoms with E-state index in [0.717, 1.165) is 33.4 Å². The van der Waals surface area contributed by atoms with Gasteiger partial charge in [0.2, 0.25) is 0 Å². The summed E-state index contributed by atoms with van der Waals surface area (Å²) < 4.78 is 90.8. The van der Waals surface area contributed by atoms with Crippen LogP contribution in [0.3, 0.4) is 0 Å². The molecule has 0 fully saturated rings. The predicted octanol–water partition coefficient (Wildman–Crippen LogP) is 17.8. The number of hydrogen-bond donors (Lipinski definition) is 0. The highest BCUT2D eigenvalue weighted by molar-refractivity contribution is 7.50. The van der Waals surface area contributed by atoms with Gasteiger partial charge in [0.1, 0.15) is 51.7 Å². The van der Waals surface area contributed by atoms with Gasteiger partial charge < -0.3 is 40.7 Å². The van der Waals surface area contributed by atoms with Gasteiger partial charge in [0.25, 0.3) is 0 Å². The average Bonchev–Trinajstić information content (AvgIpc) is 3.37. The van der Waals surface area contributed by atoms with Crippen molar-refractivity contribution in [1.82, 2.24) is 0 Å². The van der Waals surface area contributed by atoms with Gasteiger partial charge in [0.05, 0.1) is 0 Å². The van der Waals surface area contributed by atoms with Gasteiger partial charge in [-0.1, -0.05) is 146 Å². The van der Waals surface area contributed by atoms with Crippen LogP contribution < -0.4 is 40.7 Å². The Morgan fingerprint density at radius 2 is 0.440 bits per heavy atom. The van der Waals surface area contributed by atoms with Gasteiger partial charge in [-0.3, -0.25) is 0 Å². The molecular weight excluding hydrogens is 1010 g/mol. The summed E-state index contributed by atoms with van der Waals surface area (Å²) in [5.74, 6) is 3.86. The normalized spacial score (nSPS) is 11.0. The summed E-state index contributed by atoms with van der Waals surface area (Å²) in [6.07, 6.45) is 0. The van der Waals surface area contributed by atoms with Crippen LogP contribution in [0, 0.1) is 41.5 Å². The van der Waals surface area contributed by atoms with Crippen molar-refractivity contribution in [3.8, 4) is 51.7 Å². The average molecular weight is 1060 g/mol. The third kappa shape index (κ3) is 17.5. The maximum Gasteiger partial charge on any atom is 0.647 e. The van der Waals surface area contributed by atoms with Crippen molar-refractivity contribution in [1.29, 1.82) is 0 Å². The third-order valence-electron chi connectivity index (χ3n) is 10.4. The lowest BCUT2D eigenvalue weighted by Gasteiger charge is -2.21. The number of hydrogen-bond acceptors (Lipinski definition) is 12. The Morgan fingerprint density at radius 3 is 0.693 bits per heavy atom. The topological polar surface area (TPSA) is 134 Å². The summed E-state index contributed by atoms with van der Waals surface area (Å²) in [4.78, 5) is 0. The molecule has 0 aromatic heterocycles. The lowest BCUT2D eigenvalue weighted by Crippen LogP contribution is -2.09. The van der Waals surface area contributed by atoms with Gasteiger partial charge in [-0.15, -0.1) is 0 Å². The van der Waals surface area contributed by atoms with Crippen LogP contribution in [-0.4, -0.2) is 0 Å². The van der Waals surface area contributed by atoms with Gasteiger partial charge in [-0.25, -0.2) is 0 Å². The monoisotopic (exact) mass is 1060 g/mol. The highest BCUT2D eigenvalue weighted by atomic mass is 31.2. The van der Waals surface area contributed by atoms with Crippen molar-refractivity contribution < 1.29 is 54.4 Å². The van der Waals surface area contributed by atoms with Gasteiger partial charge >= 0.3 is 23.5 Å². The molecule has 0 saturated heterocycles. The van der Waals surface area contributed by atoms with E-state index in [9.17, 15) is 13.7 Å². The van der Waals surface area contributed by atoms with E-state index in [0.29, 0.717) is 51.7 Å². The minimum absolute atomic E-state index is 0.405. The first-order valence-corrected chi connectivity index (χ1v) is 28.1. The largest absolute Gasteiger partial charge is 0.647 e. The molecule has 0 atom stereocenters. The van der Waals surface area contributed by atoms with Crippen molar-refractivity contribution in [2.24, 2.45) is 0 Å². The highest BCUT2D eigenvalue weighted by Gasteiger charge is 2.36. The maximum absolute atomic E-state index is 13.5. The lowest BCUT2D eigenvalue weighted by molar-refractivity contribution is 0.295. The molecule has 0 saturated carbocycles. The van der Waals surface area contributed by atoms with E-state index in [-0.39, 0.29) is 0 Å². The molecule has 9 aromatic rings. The summed E-state index contributed by atoms with van der Waals surface area (Å²) in [5.41, 5.74) is 5.49. The zero-order chi connectivity index (χ0) is 53.1. The second-order valence-electron chi connectivity index (χ2n) is 16.8. The molecule has 0 spiro atoms. The first-order valence-electron chi connectivity index (χ1n) is 23.7. The molecule has 384 valence electrons. The highest BCUT2D eigenvalue weighted by Crippen LogP contribution is 2.53. The molecule has 0 aliphatic carbocycles. The van der Waals surface area contributed by atoms with E-state index < -0.39 is 23.5 Å². The fourth-order valence-corrected chi connectivity index (χ4v) is 10.7. The minimum Gasteiger partial charge on any atom is -0.386 e. The SMILES string of the molecule is Cc1cccc(OP(=O)(Oc2cccc(C)c2)Oc2cccc(C)c2)c1.Cc1ccccc1OP(=O)(Oc1ccccc1C)Oc1ccccc1C.O=P(Oc1ccccc1)(Oc1ccccc1)Oc1ccccc1. The van der Waals surface area contributed by atoms with E-state index in [1.165, 1.54) is 0 Å². The summed E-state index contributed by atoms with van der Waals surface area (Å²) in [6, 6.07) is 70.1. The second kappa shape index (κ2) is 26.2. The quantitative estimate of drug-likeness (QED) is 0.0757. The molecule has 0 heterocycles. The van der Waals surface area contributed by atoms with Crippen LogP contribution in [0.1, 0.15) is 33.4 Å². The van der Waals surface area contributed by atoms with E-state index in [1.807, 2.05) is 151 Å². The molecule has 0 amide bonds. The predicted molar refractivity (Wildman–Crippen MR) is 295 cm³/mol. The van der Waals surface area contributed by atoms with E-state index >= 15 is 0 Å². The van der Waals surface area contributed by atoms with Gasteiger partial charge in [0, 0.05) is 0 Å². The number of aryl methyl sites for hydroxylation is 6. The molecule has 0 radical (unpaired) electrons. The molecule has 9 rings (SSSR count). The van der Waals surface area contributed by atoms with Crippen LogP contribution in [0.15, 0.2) is 237 Å². The standard InChI is InChI=1S/2C21H21O4P.C18H15O4P/c1-16-7-4-10-19(13-16)23-26(22,24-20-11-5-8-17(2)14-20)25-21-12-6-9-18(3)15-21;1-16-10-4-7-13-19(16)23-26(22,24-20-14-8-5-11-17(20)2)25-21-15-9-6-12-18(21)3;19-23(20-16-10-4-1-5-11-16,21-17-12-6-2-7-13-17)22-18-14-8-3-9-15-18/h2*4-15H,1-3H3;1-15H. The first kappa shape index (κ1) is 54.6. The Balaban J connectivity index is 0.000000164. The van der Waals surface area contributed by atoms with Crippen molar-refractivity contribution in [3.63, 3.8) is 0 Å². The van der Waals surface area contributed by atoms with Gasteiger partial charge in [-0.2, -0.15) is 13.7 Å². The van der Waals surface area contributed by atoms with E-state index in [1.54, 1.807) is 127 Å². The van der Waals surface area contributed by atoms with Gasteiger partial charge in [-0.05, 0) is 166 Å². The van der Waals surface area contributed by atoms with Crippen LogP contribution in [0.2, 0.25) is 0 Å². The Morgan fingerprint density at radius 1 is 0.227 bits per heavy atom. The van der Waals surface area contributed by atoms with Crippen molar-refractivity contribution in [2.45, 2.75) is 41.5 Å². The van der Waals surface area contributed by atoms with E-state index in [2.05, 4.69) is 0 Å². The summed E-state index contributed by atoms with van der Waals surface area (Å²) in [5, 5.41) is 0. The van der Waals surface area contributed by atoms with Crippen LogP contribution >= 0.6 is 23.5 Å². The van der Waals surface area contributed by atoms with Crippen LogP contribution in [0.25, 0.3) is 0 Å². The molecule has 0 aliphatic rings. The lowest BCUT2D eigenvalue weighted by atomic mass is 10.2. The Hall–Kier alpha value is -8.13. The molecule has 12 nitrogen and oxygen atoms in total. The molecular formula is C60H57O12P3. The smallest absolute Gasteiger partial charge is 0.386 e. The second-order valence-corrected chi connectivity index (χ2v) is 21.2. The molecule has 15 heteroatoms. The van der Waals surface area contributed by atoms with Crippen LogP contribution in [0.4, 0.5) is 0 Å². The Labute approximate surface area is 439 Å². The fourth-order valence-electron chi connectivity index (χ4n) is 6.74. The summed E-state index contributed by atoms with van der Waals surface area (Å²) >= 11 is 0. The molecule has 9 aromatic carbocycles. The number of benzene rings is 9. The summed E-state index contributed by atoms with van der Waals surface area (Å²) in [6.45, 7) is 11.4. The molecule has 0 bridgehead atoms. The zero-order valence-electron chi connectivity index (χ0n) is 42.3.